The molecule has 1 aromatic heterocycles. The van der Waals surface area contributed by atoms with Crippen molar-refractivity contribution in [1.29, 1.82) is 0 Å². The van der Waals surface area contributed by atoms with E-state index >= 15 is 0 Å². The Kier molecular flexibility index (Phi) is 1.43. The minimum absolute atomic E-state index is 0.0764. The molecule has 0 spiro atoms. The molecule has 70 valence electrons. The Balaban J connectivity index is 2.67. The third-order valence-electron chi connectivity index (χ3n) is 2.10. The SMILES string of the molecule is Oc1[nH]c(O)c2c1CC=CC2(O)O. The molecule has 0 unspecified atom stereocenters. The molecule has 1 aliphatic carbocycles. The average Bonchev–Trinajstić information content (AvgIpc) is 2.27. The summed E-state index contributed by atoms with van der Waals surface area (Å²) in [6.45, 7) is 0. The summed E-state index contributed by atoms with van der Waals surface area (Å²) < 4.78 is 0. The monoisotopic (exact) mass is 183 g/mol. The predicted molar refractivity (Wildman–Crippen MR) is 43.1 cm³/mol. The number of nitrogens with one attached hydrogen (secondary N) is 1. The summed E-state index contributed by atoms with van der Waals surface area (Å²) in [4.78, 5) is 2.22. The fourth-order valence-electron chi connectivity index (χ4n) is 1.53. The summed E-state index contributed by atoms with van der Waals surface area (Å²) in [7, 11) is 0. The molecule has 0 atom stereocenters. The molecule has 0 fully saturated rings. The molecule has 0 amide bonds. The van der Waals surface area contributed by atoms with Gasteiger partial charge in [-0.3, -0.25) is 4.98 Å². The van der Waals surface area contributed by atoms with Gasteiger partial charge in [0, 0.05) is 5.56 Å². The Bertz CT molecular complexity index is 378. The summed E-state index contributed by atoms with van der Waals surface area (Å²) in [5.74, 6) is -2.85. The van der Waals surface area contributed by atoms with Gasteiger partial charge in [-0.1, -0.05) is 6.08 Å². The lowest BCUT2D eigenvalue weighted by molar-refractivity contribution is -0.128. The van der Waals surface area contributed by atoms with Crippen LogP contribution in [0.3, 0.4) is 0 Å². The third kappa shape index (κ3) is 1.01. The summed E-state index contributed by atoms with van der Waals surface area (Å²) in [5.41, 5.74) is 0.234. The number of hydrogen-bond acceptors (Lipinski definition) is 4. The smallest absolute Gasteiger partial charge is 0.215 e. The first-order valence-corrected chi connectivity index (χ1v) is 3.78. The number of rotatable bonds is 0. The number of hydrogen-bond donors (Lipinski definition) is 5. The van der Waals surface area contributed by atoms with Gasteiger partial charge in [0.25, 0.3) is 0 Å². The summed E-state index contributed by atoms with van der Waals surface area (Å²) in [6.07, 6.45) is 3.03. The molecule has 5 N–H and O–H groups in total. The molecule has 2 rings (SSSR count). The molecule has 1 aliphatic rings. The van der Waals surface area contributed by atoms with Crippen LogP contribution in [0.1, 0.15) is 11.1 Å². The highest BCUT2D eigenvalue weighted by molar-refractivity contribution is 5.50. The van der Waals surface area contributed by atoms with Gasteiger partial charge in [0.05, 0.1) is 5.56 Å². The van der Waals surface area contributed by atoms with Crippen LogP contribution in [-0.2, 0) is 12.2 Å². The van der Waals surface area contributed by atoms with Crippen molar-refractivity contribution in [3.05, 3.63) is 23.3 Å². The van der Waals surface area contributed by atoms with Gasteiger partial charge in [-0.2, -0.15) is 0 Å². The third-order valence-corrected chi connectivity index (χ3v) is 2.10. The van der Waals surface area contributed by atoms with Crippen LogP contribution in [0.25, 0.3) is 0 Å². The highest BCUT2D eigenvalue weighted by atomic mass is 16.5. The fourth-order valence-corrected chi connectivity index (χ4v) is 1.53. The van der Waals surface area contributed by atoms with Gasteiger partial charge < -0.3 is 20.4 Å². The molecule has 5 heteroatoms. The van der Waals surface area contributed by atoms with E-state index in [0.29, 0.717) is 12.0 Å². The Morgan fingerprint density at radius 2 is 1.92 bits per heavy atom. The van der Waals surface area contributed by atoms with Gasteiger partial charge in [0.2, 0.25) is 11.7 Å². The van der Waals surface area contributed by atoms with Gasteiger partial charge in [-0.15, -0.1) is 0 Å². The first kappa shape index (κ1) is 8.15. The van der Waals surface area contributed by atoms with Crippen LogP contribution in [0.5, 0.6) is 11.8 Å². The molecular weight excluding hydrogens is 174 g/mol. The van der Waals surface area contributed by atoms with Crippen molar-refractivity contribution in [2.75, 3.05) is 0 Å². The van der Waals surface area contributed by atoms with Gasteiger partial charge in [0.1, 0.15) is 0 Å². The maximum Gasteiger partial charge on any atom is 0.215 e. The molecular formula is C8H9NO4. The number of aromatic nitrogens is 1. The van der Waals surface area contributed by atoms with Crippen LogP contribution >= 0.6 is 0 Å². The van der Waals surface area contributed by atoms with Crippen LogP contribution in [0.15, 0.2) is 12.2 Å². The zero-order chi connectivity index (χ0) is 9.64. The Morgan fingerprint density at radius 3 is 2.54 bits per heavy atom. The highest BCUT2D eigenvalue weighted by Gasteiger charge is 2.35. The van der Waals surface area contributed by atoms with E-state index in [4.69, 9.17) is 0 Å². The van der Waals surface area contributed by atoms with Crippen molar-refractivity contribution in [3.8, 4) is 11.8 Å². The van der Waals surface area contributed by atoms with E-state index in [9.17, 15) is 20.4 Å². The van der Waals surface area contributed by atoms with E-state index in [1.54, 1.807) is 0 Å². The number of aliphatic hydroxyl groups is 2. The van der Waals surface area contributed by atoms with Crippen molar-refractivity contribution in [3.63, 3.8) is 0 Å². The number of fused-ring (bicyclic) bond motifs is 1. The predicted octanol–water partition coefficient (Wildman–Crippen LogP) is -0.324. The average molecular weight is 183 g/mol. The number of aromatic amines is 1. The molecule has 5 nitrogen and oxygen atoms in total. The zero-order valence-electron chi connectivity index (χ0n) is 6.65. The van der Waals surface area contributed by atoms with Crippen molar-refractivity contribution < 1.29 is 20.4 Å². The minimum Gasteiger partial charge on any atom is -0.494 e. The fraction of sp³-hybridized carbons (Fsp3) is 0.250. The highest BCUT2D eigenvalue weighted by Crippen LogP contribution is 2.39. The van der Waals surface area contributed by atoms with Crippen LogP contribution in [0, 0.1) is 0 Å². The quantitative estimate of drug-likeness (QED) is 0.281. The van der Waals surface area contributed by atoms with Crippen LogP contribution in [0.2, 0.25) is 0 Å². The van der Waals surface area contributed by atoms with Crippen molar-refractivity contribution in [2.45, 2.75) is 12.2 Å². The maximum absolute atomic E-state index is 9.40. The second-order valence-electron chi connectivity index (χ2n) is 3.01. The molecule has 1 heterocycles. The van der Waals surface area contributed by atoms with Crippen molar-refractivity contribution in [2.24, 2.45) is 0 Å². The molecule has 0 aliphatic heterocycles. The van der Waals surface area contributed by atoms with Crippen molar-refractivity contribution >= 4 is 0 Å². The molecule has 13 heavy (non-hydrogen) atoms. The molecule has 0 radical (unpaired) electrons. The molecule has 0 saturated heterocycles. The second-order valence-corrected chi connectivity index (χ2v) is 3.01. The van der Waals surface area contributed by atoms with Gasteiger partial charge in [-0.25, -0.2) is 0 Å². The lowest BCUT2D eigenvalue weighted by Gasteiger charge is -2.21. The molecule has 0 saturated carbocycles. The first-order chi connectivity index (χ1) is 6.02. The lowest BCUT2D eigenvalue weighted by atomic mass is 9.96. The van der Waals surface area contributed by atoms with Crippen LogP contribution in [-0.4, -0.2) is 25.4 Å². The van der Waals surface area contributed by atoms with E-state index < -0.39 is 11.7 Å². The van der Waals surface area contributed by atoms with E-state index in [1.807, 2.05) is 0 Å². The van der Waals surface area contributed by atoms with Gasteiger partial charge in [-0.05, 0) is 12.5 Å². The van der Waals surface area contributed by atoms with Crippen LogP contribution < -0.4 is 0 Å². The van der Waals surface area contributed by atoms with E-state index in [1.165, 1.54) is 6.08 Å². The molecule has 0 aromatic carbocycles. The topological polar surface area (TPSA) is 96.7 Å². The zero-order valence-corrected chi connectivity index (χ0v) is 6.65. The normalized spacial score (nSPS) is 18.6. The summed E-state index contributed by atoms with van der Waals surface area (Å²) >= 11 is 0. The number of aromatic hydroxyl groups is 2. The molecule has 1 aromatic rings. The Morgan fingerprint density at radius 1 is 1.23 bits per heavy atom. The second kappa shape index (κ2) is 2.27. The van der Waals surface area contributed by atoms with E-state index in [0.717, 1.165) is 6.08 Å². The number of H-pyrrole nitrogens is 1. The van der Waals surface area contributed by atoms with Gasteiger partial charge in [0.15, 0.2) is 5.88 Å². The maximum atomic E-state index is 9.40. The largest absolute Gasteiger partial charge is 0.494 e. The van der Waals surface area contributed by atoms with Crippen molar-refractivity contribution in [1.82, 2.24) is 4.98 Å². The Hall–Kier alpha value is -1.46. The van der Waals surface area contributed by atoms with E-state index in [2.05, 4.69) is 4.98 Å². The minimum atomic E-state index is -2.20. The van der Waals surface area contributed by atoms with Crippen LogP contribution in [0.4, 0.5) is 0 Å². The lowest BCUT2D eigenvalue weighted by Crippen LogP contribution is -2.25. The van der Waals surface area contributed by atoms with E-state index in [-0.39, 0.29) is 11.4 Å². The molecule has 0 bridgehead atoms. The standard InChI is InChI=1S/C8H9NO4/c10-6-4-2-1-3-8(12,13)5(4)7(11)9-6/h1,3,9-13H,2H2. The first-order valence-electron chi connectivity index (χ1n) is 3.78. The summed E-state index contributed by atoms with van der Waals surface area (Å²) in [6, 6.07) is 0. The summed E-state index contributed by atoms with van der Waals surface area (Å²) in [5, 5.41) is 37.3. The number of allylic oxidation sites excluding steroid dienone is 1. The Labute approximate surface area is 73.6 Å². The van der Waals surface area contributed by atoms with Gasteiger partial charge >= 0.3 is 0 Å².